The van der Waals surface area contributed by atoms with Gasteiger partial charge < -0.3 is 14.8 Å². The van der Waals surface area contributed by atoms with E-state index in [4.69, 9.17) is 0 Å². The molecule has 3 rings (SSSR count). The van der Waals surface area contributed by atoms with E-state index in [1.165, 1.54) is 11.3 Å². The third-order valence-electron chi connectivity index (χ3n) is 5.40. The van der Waals surface area contributed by atoms with Crippen LogP contribution in [0.3, 0.4) is 0 Å². The van der Waals surface area contributed by atoms with Crippen LogP contribution in [0.1, 0.15) is 50.4 Å². The van der Waals surface area contributed by atoms with E-state index in [-0.39, 0.29) is 11.9 Å². The van der Waals surface area contributed by atoms with Crippen LogP contribution in [0.15, 0.2) is 24.3 Å². The highest BCUT2D eigenvalue weighted by atomic mass is 16.1. The van der Waals surface area contributed by atoms with Crippen molar-refractivity contribution < 1.29 is 4.79 Å². The fourth-order valence-corrected chi connectivity index (χ4v) is 3.91. The summed E-state index contributed by atoms with van der Waals surface area (Å²) in [4.78, 5) is 16.3. The summed E-state index contributed by atoms with van der Waals surface area (Å²) in [5.41, 5.74) is 2.54. The number of rotatable bonds is 7. The Hall–Kier alpha value is -2.41. The summed E-state index contributed by atoms with van der Waals surface area (Å²) in [7, 11) is 4.12. The van der Waals surface area contributed by atoms with Crippen molar-refractivity contribution in [2.45, 2.75) is 52.7 Å². The molecule has 29 heavy (non-hydrogen) atoms. The van der Waals surface area contributed by atoms with Crippen molar-refractivity contribution in [2.75, 3.05) is 32.1 Å². The number of nitrogens with zero attached hydrogens (tertiary/aromatic N) is 5. The first-order valence-corrected chi connectivity index (χ1v) is 10.5. The lowest BCUT2D eigenvalue weighted by Crippen LogP contribution is -2.31. The standard InChI is InChI=1S/C22H34N6O/c1-16(2)14-20(23-17(3)29)22-25-24-21-10-11-27(12-13-28(21)22)15-18-6-8-19(9-7-18)26(4)5/h6-9,16,20H,10-15H2,1-5H3,(H,23,29). The monoisotopic (exact) mass is 398 g/mol. The van der Waals surface area contributed by atoms with Gasteiger partial charge in [-0.05, 0) is 30.0 Å². The first-order valence-electron chi connectivity index (χ1n) is 10.5. The van der Waals surface area contributed by atoms with Gasteiger partial charge in [-0.2, -0.15) is 0 Å². The topological polar surface area (TPSA) is 66.3 Å². The SMILES string of the molecule is CC(=O)NC(CC(C)C)c1nnc2n1CCN(Cc1ccc(N(C)C)cc1)CC2. The van der Waals surface area contributed by atoms with Crippen molar-refractivity contribution >= 4 is 11.6 Å². The molecule has 1 unspecified atom stereocenters. The maximum atomic E-state index is 11.7. The van der Waals surface area contributed by atoms with E-state index in [1.54, 1.807) is 6.92 Å². The van der Waals surface area contributed by atoms with E-state index < -0.39 is 0 Å². The average molecular weight is 399 g/mol. The lowest BCUT2D eigenvalue weighted by atomic mass is 10.0. The highest BCUT2D eigenvalue weighted by Crippen LogP contribution is 2.23. The molecule has 2 aromatic rings. The number of benzene rings is 1. The Labute approximate surface area is 174 Å². The Kier molecular flexibility index (Phi) is 6.90. The zero-order valence-electron chi connectivity index (χ0n) is 18.4. The fraction of sp³-hybridized carbons (Fsp3) is 0.591. The van der Waals surface area contributed by atoms with Gasteiger partial charge in [0.1, 0.15) is 5.82 Å². The Morgan fingerprint density at radius 1 is 1.14 bits per heavy atom. The van der Waals surface area contributed by atoms with Gasteiger partial charge >= 0.3 is 0 Å². The molecule has 1 aliphatic heterocycles. The van der Waals surface area contributed by atoms with Gasteiger partial charge in [0.2, 0.25) is 5.91 Å². The molecule has 1 amide bonds. The molecule has 0 saturated carbocycles. The molecular weight excluding hydrogens is 364 g/mol. The van der Waals surface area contributed by atoms with Crippen molar-refractivity contribution in [3.63, 3.8) is 0 Å². The van der Waals surface area contributed by atoms with Crippen molar-refractivity contribution in [1.82, 2.24) is 25.0 Å². The van der Waals surface area contributed by atoms with E-state index in [1.807, 2.05) is 0 Å². The van der Waals surface area contributed by atoms with Gasteiger partial charge in [0.25, 0.3) is 0 Å². The van der Waals surface area contributed by atoms with Crippen molar-refractivity contribution in [3.05, 3.63) is 41.5 Å². The molecular formula is C22H34N6O. The Balaban J connectivity index is 1.69. The Morgan fingerprint density at radius 3 is 2.48 bits per heavy atom. The molecule has 1 aromatic carbocycles. The largest absolute Gasteiger partial charge is 0.378 e. The van der Waals surface area contributed by atoms with E-state index >= 15 is 0 Å². The lowest BCUT2D eigenvalue weighted by Gasteiger charge is -2.22. The second-order valence-corrected chi connectivity index (χ2v) is 8.60. The molecule has 1 atom stereocenters. The van der Waals surface area contributed by atoms with Gasteiger partial charge in [0.05, 0.1) is 6.04 Å². The quantitative estimate of drug-likeness (QED) is 0.777. The molecule has 1 aliphatic rings. The predicted octanol–water partition coefficient (Wildman–Crippen LogP) is 2.63. The zero-order valence-corrected chi connectivity index (χ0v) is 18.4. The van der Waals surface area contributed by atoms with Crippen LogP contribution in [0.4, 0.5) is 5.69 Å². The van der Waals surface area contributed by atoms with Crippen LogP contribution in [0.5, 0.6) is 0 Å². The summed E-state index contributed by atoms with van der Waals surface area (Å²) in [6.07, 6.45) is 1.73. The molecule has 0 bridgehead atoms. The third kappa shape index (κ3) is 5.56. The summed E-state index contributed by atoms with van der Waals surface area (Å²) in [5, 5.41) is 12.0. The van der Waals surface area contributed by atoms with Crippen LogP contribution in [0.2, 0.25) is 0 Å². The molecule has 7 heteroatoms. The molecule has 158 valence electrons. The maximum absolute atomic E-state index is 11.7. The normalized spacial score (nSPS) is 15.7. The number of anilines is 1. The van der Waals surface area contributed by atoms with Crippen LogP contribution < -0.4 is 10.2 Å². The first-order chi connectivity index (χ1) is 13.8. The van der Waals surface area contributed by atoms with Crippen LogP contribution in [-0.4, -0.2) is 52.8 Å². The highest BCUT2D eigenvalue weighted by Gasteiger charge is 2.25. The summed E-state index contributed by atoms with van der Waals surface area (Å²) in [5.74, 6) is 2.35. The minimum Gasteiger partial charge on any atom is -0.378 e. The van der Waals surface area contributed by atoms with Crippen LogP contribution in [0, 0.1) is 5.92 Å². The second-order valence-electron chi connectivity index (χ2n) is 8.60. The minimum atomic E-state index is -0.0844. The Morgan fingerprint density at radius 2 is 1.86 bits per heavy atom. The minimum absolute atomic E-state index is 0.0237. The third-order valence-corrected chi connectivity index (χ3v) is 5.40. The second kappa shape index (κ2) is 9.39. The molecule has 0 saturated heterocycles. The summed E-state index contributed by atoms with van der Waals surface area (Å²) in [6.45, 7) is 9.58. The van der Waals surface area contributed by atoms with Crippen LogP contribution in [0.25, 0.3) is 0 Å². The molecule has 1 aromatic heterocycles. The molecule has 2 heterocycles. The summed E-state index contributed by atoms with van der Waals surface area (Å²) < 4.78 is 2.22. The van der Waals surface area contributed by atoms with Gasteiger partial charge in [0, 0.05) is 59.3 Å². The number of nitrogens with one attached hydrogen (secondary N) is 1. The smallest absolute Gasteiger partial charge is 0.217 e. The van der Waals surface area contributed by atoms with Gasteiger partial charge in [-0.1, -0.05) is 26.0 Å². The maximum Gasteiger partial charge on any atom is 0.217 e. The molecule has 1 N–H and O–H groups in total. The van der Waals surface area contributed by atoms with Gasteiger partial charge in [-0.25, -0.2) is 0 Å². The number of carbonyl (C=O) groups excluding carboxylic acids is 1. The van der Waals surface area contributed by atoms with E-state index in [0.29, 0.717) is 5.92 Å². The van der Waals surface area contributed by atoms with E-state index in [2.05, 4.69) is 82.1 Å². The molecule has 0 aliphatic carbocycles. The van der Waals surface area contributed by atoms with Crippen LogP contribution >= 0.6 is 0 Å². The van der Waals surface area contributed by atoms with Gasteiger partial charge in [0.15, 0.2) is 5.82 Å². The predicted molar refractivity (Wildman–Crippen MR) is 116 cm³/mol. The number of amides is 1. The zero-order chi connectivity index (χ0) is 21.0. The van der Waals surface area contributed by atoms with Crippen molar-refractivity contribution in [3.8, 4) is 0 Å². The summed E-state index contributed by atoms with van der Waals surface area (Å²) >= 11 is 0. The first kappa shape index (κ1) is 21.3. The highest BCUT2D eigenvalue weighted by molar-refractivity contribution is 5.73. The number of hydrogen-bond acceptors (Lipinski definition) is 5. The fourth-order valence-electron chi connectivity index (χ4n) is 3.91. The van der Waals surface area contributed by atoms with E-state index in [0.717, 1.165) is 50.7 Å². The number of hydrogen-bond donors (Lipinski definition) is 1. The molecule has 0 radical (unpaired) electrons. The number of fused-ring (bicyclic) bond motifs is 1. The van der Waals surface area contributed by atoms with Crippen molar-refractivity contribution in [2.24, 2.45) is 5.92 Å². The van der Waals surface area contributed by atoms with Gasteiger partial charge in [-0.3, -0.25) is 9.69 Å². The molecule has 0 spiro atoms. The number of carbonyl (C=O) groups is 1. The molecule has 7 nitrogen and oxygen atoms in total. The lowest BCUT2D eigenvalue weighted by molar-refractivity contribution is -0.119. The van der Waals surface area contributed by atoms with Crippen molar-refractivity contribution in [1.29, 1.82) is 0 Å². The molecule has 0 fully saturated rings. The average Bonchev–Trinajstić information content (AvgIpc) is 2.96. The summed E-state index contributed by atoms with van der Waals surface area (Å²) in [6, 6.07) is 8.68. The number of aromatic nitrogens is 3. The van der Waals surface area contributed by atoms with Crippen LogP contribution in [-0.2, 0) is 24.3 Å². The van der Waals surface area contributed by atoms with E-state index in [9.17, 15) is 4.79 Å². The van der Waals surface area contributed by atoms with Gasteiger partial charge in [-0.15, -0.1) is 10.2 Å². The Bertz CT molecular complexity index is 811.